The Kier molecular flexibility index (Phi) is 8.58. The molecule has 1 rings (SSSR count). The van der Waals surface area contributed by atoms with Gasteiger partial charge in [-0.3, -0.25) is 19.3 Å². The van der Waals surface area contributed by atoms with E-state index in [1.54, 1.807) is 18.1 Å². The molecule has 1 fully saturated rings. The monoisotopic (exact) mass is 363 g/mol. The van der Waals surface area contributed by atoms with Crippen molar-refractivity contribution in [3.8, 4) is 0 Å². The Morgan fingerprint density at radius 1 is 1.54 bits per heavy atom. The predicted octanol–water partition coefficient (Wildman–Crippen LogP) is 1.45. The summed E-state index contributed by atoms with van der Waals surface area (Å²) in [7, 11) is -2.25. The molecule has 0 aromatic heterocycles. The maximum Gasteiger partial charge on any atom is 0.472 e. The van der Waals surface area contributed by atoms with Crippen molar-refractivity contribution in [2.45, 2.75) is 39.0 Å². The standard InChI is InChI=1S/C14H26N3O6P/c1-4-7-21-24(19,20)22-9-12-8-11(2)14(23-12)17(3)6-5-13(15)16-10-18/h5-6,10-12,14H,4,7-9H2,1-3H3,(H,19,20)(H2,15,16,18)/b6-5-. The van der Waals surface area contributed by atoms with Gasteiger partial charge in [-0.15, -0.1) is 0 Å². The van der Waals surface area contributed by atoms with Gasteiger partial charge in [-0.2, -0.15) is 0 Å². The van der Waals surface area contributed by atoms with Crippen molar-refractivity contribution < 1.29 is 28.0 Å². The average Bonchev–Trinajstić information content (AvgIpc) is 2.90. The summed E-state index contributed by atoms with van der Waals surface area (Å²) in [6.07, 6.45) is 4.22. The molecule has 4 unspecified atom stereocenters. The summed E-state index contributed by atoms with van der Waals surface area (Å²) in [6.45, 7) is 3.96. The minimum absolute atomic E-state index is 0.0294. The number of hydrogen-bond acceptors (Lipinski definition) is 7. The van der Waals surface area contributed by atoms with E-state index in [4.69, 9.17) is 19.2 Å². The molecule has 3 N–H and O–H groups in total. The van der Waals surface area contributed by atoms with Crippen LogP contribution in [-0.4, -0.2) is 54.6 Å². The van der Waals surface area contributed by atoms with Crippen LogP contribution >= 0.6 is 7.82 Å². The molecule has 1 aliphatic heterocycles. The van der Waals surface area contributed by atoms with E-state index in [0.717, 1.165) is 0 Å². The van der Waals surface area contributed by atoms with Crippen LogP contribution in [0, 0.1) is 11.3 Å². The number of carbonyl (C=O) groups excluding carboxylic acids is 1. The molecule has 0 aromatic carbocycles. The van der Waals surface area contributed by atoms with E-state index in [9.17, 15) is 14.3 Å². The van der Waals surface area contributed by atoms with Crippen molar-refractivity contribution in [2.24, 2.45) is 5.92 Å². The Morgan fingerprint density at radius 2 is 2.25 bits per heavy atom. The highest BCUT2D eigenvalue weighted by Crippen LogP contribution is 2.44. The number of phosphoric acid groups is 1. The summed E-state index contributed by atoms with van der Waals surface area (Å²) in [5, 5.41) is 9.66. The van der Waals surface area contributed by atoms with Gasteiger partial charge in [-0.1, -0.05) is 13.8 Å². The zero-order chi connectivity index (χ0) is 18.2. The van der Waals surface area contributed by atoms with Crippen LogP contribution in [0.1, 0.15) is 26.7 Å². The van der Waals surface area contributed by atoms with Crippen LogP contribution in [0.25, 0.3) is 0 Å². The molecular weight excluding hydrogens is 337 g/mol. The van der Waals surface area contributed by atoms with Crippen LogP contribution in [0.2, 0.25) is 0 Å². The normalized spacial score (nSPS) is 26.2. The van der Waals surface area contributed by atoms with Crippen molar-refractivity contribution in [1.29, 1.82) is 5.41 Å². The fraction of sp³-hybridized carbons (Fsp3) is 0.714. The van der Waals surface area contributed by atoms with Crippen LogP contribution in [0.5, 0.6) is 0 Å². The zero-order valence-electron chi connectivity index (χ0n) is 14.2. The number of nitrogens with one attached hydrogen (secondary N) is 2. The van der Waals surface area contributed by atoms with E-state index >= 15 is 0 Å². The number of ether oxygens (including phenoxy) is 1. The molecule has 24 heavy (non-hydrogen) atoms. The molecule has 1 heterocycles. The molecule has 4 atom stereocenters. The van der Waals surface area contributed by atoms with Crippen LogP contribution in [0.3, 0.4) is 0 Å². The number of carbonyl (C=O) groups is 1. The fourth-order valence-corrected chi connectivity index (χ4v) is 3.17. The Labute approximate surface area is 142 Å². The third kappa shape index (κ3) is 7.11. The first-order valence-corrected chi connectivity index (χ1v) is 9.24. The summed E-state index contributed by atoms with van der Waals surface area (Å²) in [5.74, 6) is 0.132. The maximum atomic E-state index is 11.6. The van der Waals surface area contributed by atoms with Crippen molar-refractivity contribution >= 4 is 20.1 Å². The molecule has 1 aliphatic rings. The number of hydrogen-bond donors (Lipinski definition) is 3. The van der Waals surface area contributed by atoms with Gasteiger partial charge in [0.25, 0.3) is 0 Å². The molecule has 0 spiro atoms. The molecular formula is C14H26N3O6P. The van der Waals surface area contributed by atoms with Crippen molar-refractivity contribution in [3.63, 3.8) is 0 Å². The van der Waals surface area contributed by atoms with Crippen molar-refractivity contribution in [1.82, 2.24) is 10.2 Å². The van der Waals surface area contributed by atoms with Gasteiger partial charge in [0.2, 0.25) is 6.41 Å². The topological polar surface area (TPSA) is 121 Å². The molecule has 9 nitrogen and oxygen atoms in total. The lowest BCUT2D eigenvalue weighted by molar-refractivity contribution is -0.108. The third-order valence-electron chi connectivity index (χ3n) is 3.43. The van der Waals surface area contributed by atoms with Gasteiger partial charge in [0.1, 0.15) is 12.1 Å². The summed E-state index contributed by atoms with van der Waals surface area (Å²) >= 11 is 0. The lowest BCUT2D eigenvalue weighted by Crippen LogP contribution is -2.32. The van der Waals surface area contributed by atoms with E-state index in [1.807, 2.05) is 13.8 Å². The van der Waals surface area contributed by atoms with Gasteiger partial charge in [-0.05, 0) is 18.9 Å². The minimum Gasteiger partial charge on any atom is -0.355 e. The highest BCUT2D eigenvalue weighted by Gasteiger charge is 2.35. The lowest BCUT2D eigenvalue weighted by Gasteiger charge is -2.26. The molecule has 0 bridgehead atoms. The van der Waals surface area contributed by atoms with E-state index in [1.165, 1.54) is 6.08 Å². The second-order valence-electron chi connectivity index (χ2n) is 5.62. The van der Waals surface area contributed by atoms with Gasteiger partial charge in [-0.25, -0.2) is 4.57 Å². The first kappa shape index (κ1) is 20.8. The zero-order valence-corrected chi connectivity index (χ0v) is 15.1. The second-order valence-corrected chi connectivity index (χ2v) is 7.07. The third-order valence-corrected chi connectivity index (χ3v) is 4.41. The maximum absolute atomic E-state index is 11.6. The Morgan fingerprint density at radius 3 is 2.88 bits per heavy atom. The molecule has 1 saturated heterocycles. The van der Waals surface area contributed by atoms with E-state index in [0.29, 0.717) is 19.3 Å². The molecule has 10 heteroatoms. The Hall–Kier alpha value is -1.25. The van der Waals surface area contributed by atoms with E-state index < -0.39 is 7.82 Å². The molecule has 1 amide bonds. The summed E-state index contributed by atoms with van der Waals surface area (Å²) in [5.41, 5.74) is 0. The van der Waals surface area contributed by atoms with Crippen LogP contribution in [0.15, 0.2) is 12.3 Å². The Balaban J connectivity index is 2.47. The van der Waals surface area contributed by atoms with Gasteiger partial charge in [0.15, 0.2) is 0 Å². The second kappa shape index (κ2) is 9.90. The minimum atomic E-state index is -4.04. The molecule has 0 aliphatic carbocycles. The quantitative estimate of drug-likeness (QED) is 0.232. The van der Waals surface area contributed by atoms with Gasteiger partial charge in [0.05, 0.1) is 19.3 Å². The molecule has 0 saturated carbocycles. The number of amidine groups is 1. The van der Waals surface area contributed by atoms with Gasteiger partial charge < -0.3 is 19.8 Å². The van der Waals surface area contributed by atoms with Crippen molar-refractivity contribution in [3.05, 3.63) is 12.3 Å². The van der Waals surface area contributed by atoms with Gasteiger partial charge >= 0.3 is 7.82 Å². The smallest absolute Gasteiger partial charge is 0.355 e. The fourth-order valence-electron chi connectivity index (χ4n) is 2.33. The van der Waals surface area contributed by atoms with Crippen molar-refractivity contribution in [2.75, 3.05) is 20.3 Å². The Bertz CT molecular complexity index is 501. The first-order chi connectivity index (χ1) is 11.3. The summed E-state index contributed by atoms with van der Waals surface area (Å²) in [6, 6.07) is 0. The van der Waals surface area contributed by atoms with Gasteiger partial charge in [0, 0.05) is 19.2 Å². The summed E-state index contributed by atoms with van der Waals surface area (Å²) < 4.78 is 27.2. The predicted molar refractivity (Wildman–Crippen MR) is 88.3 cm³/mol. The van der Waals surface area contributed by atoms with E-state index in [2.05, 4.69) is 5.32 Å². The largest absolute Gasteiger partial charge is 0.472 e. The van der Waals surface area contributed by atoms with Crippen LogP contribution in [-0.2, 0) is 23.1 Å². The number of amides is 1. The van der Waals surface area contributed by atoms with Crippen LogP contribution in [0.4, 0.5) is 0 Å². The lowest BCUT2D eigenvalue weighted by atomic mass is 10.1. The first-order valence-electron chi connectivity index (χ1n) is 7.75. The highest BCUT2D eigenvalue weighted by molar-refractivity contribution is 7.47. The number of nitrogens with zero attached hydrogens (tertiary/aromatic N) is 1. The molecule has 138 valence electrons. The highest BCUT2D eigenvalue weighted by atomic mass is 31.2. The SMILES string of the molecule is CCCOP(=O)(O)OCC1CC(C)C(N(C)/C=C\C(=N)NC=O)O1. The number of rotatable bonds is 10. The molecule has 0 aromatic rings. The summed E-state index contributed by atoms with van der Waals surface area (Å²) in [4.78, 5) is 21.5. The number of phosphoric ester groups is 1. The van der Waals surface area contributed by atoms with E-state index in [-0.39, 0.29) is 37.3 Å². The molecule has 0 radical (unpaired) electrons. The average molecular weight is 363 g/mol. The van der Waals surface area contributed by atoms with Crippen LogP contribution < -0.4 is 5.32 Å².